The summed E-state index contributed by atoms with van der Waals surface area (Å²) in [7, 11) is 0. The lowest BCUT2D eigenvalue weighted by molar-refractivity contribution is -0.191. The van der Waals surface area contributed by atoms with Gasteiger partial charge in [-0.15, -0.1) is 0 Å². The van der Waals surface area contributed by atoms with Crippen molar-refractivity contribution in [2.45, 2.75) is 46.3 Å². The zero-order chi connectivity index (χ0) is 17.4. The van der Waals surface area contributed by atoms with Crippen molar-refractivity contribution >= 4 is 5.91 Å². The third-order valence-corrected chi connectivity index (χ3v) is 4.03. The summed E-state index contributed by atoms with van der Waals surface area (Å²) in [5, 5.41) is 1.03. The average molecular weight is 328 g/mol. The highest BCUT2D eigenvalue weighted by Gasteiger charge is 2.51. The van der Waals surface area contributed by atoms with Crippen LogP contribution in [-0.4, -0.2) is 23.6 Å². The first-order valence-corrected chi connectivity index (χ1v) is 7.74. The Balaban J connectivity index is 2.44. The van der Waals surface area contributed by atoms with Gasteiger partial charge in [0.1, 0.15) is 6.04 Å². The maximum atomic E-state index is 13.8. The fourth-order valence-corrected chi connectivity index (χ4v) is 2.92. The molecule has 1 aliphatic heterocycles. The Hall–Kier alpha value is -1.56. The van der Waals surface area contributed by atoms with Crippen LogP contribution in [0.4, 0.5) is 13.2 Å². The van der Waals surface area contributed by atoms with Gasteiger partial charge in [0.2, 0.25) is 5.91 Å². The Morgan fingerprint density at radius 1 is 1.26 bits per heavy atom. The first-order chi connectivity index (χ1) is 10.5. The smallest absolute Gasteiger partial charge is 0.287 e. The number of carbonyl (C=O) groups is 1. The van der Waals surface area contributed by atoms with E-state index >= 15 is 0 Å². The molecule has 0 aliphatic carbocycles. The number of benzene rings is 1. The van der Waals surface area contributed by atoms with E-state index in [1.807, 2.05) is 13.8 Å². The first kappa shape index (κ1) is 17.8. The molecule has 1 fully saturated rings. The van der Waals surface area contributed by atoms with E-state index < -0.39 is 17.6 Å². The molecule has 1 atom stereocenters. The molecule has 2 rings (SSSR count). The maximum absolute atomic E-state index is 13.8. The topological polar surface area (TPSA) is 32.3 Å². The van der Waals surface area contributed by atoms with Gasteiger partial charge in [-0.3, -0.25) is 10.2 Å². The number of alkyl halides is 3. The number of hydrogen-bond donors (Lipinski definition) is 1. The summed E-state index contributed by atoms with van der Waals surface area (Å²) in [6.07, 6.45) is -3.91. The second-order valence-corrected chi connectivity index (χ2v) is 7.19. The molecule has 0 spiro atoms. The quantitative estimate of drug-likeness (QED) is 0.910. The third kappa shape index (κ3) is 3.86. The standard InChI is InChI=1S/C17H23F3N2O/c1-11(2)9-12-7-5-6-8-13(12)14(17(18,19)20)22-10-16(3,4)15(23)21-22/h5-8,11,14H,9-10H2,1-4H3,(H,21,23). The van der Waals surface area contributed by atoms with Gasteiger partial charge in [0.05, 0.1) is 5.41 Å². The van der Waals surface area contributed by atoms with E-state index in [2.05, 4.69) is 5.43 Å². The Morgan fingerprint density at radius 3 is 2.35 bits per heavy atom. The maximum Gasteiger partial charge on any atom is 0.409 e. The summed E-state index contributed by atoms with van der Waals surface area (Å²) in [5.41, 5.74) is 2.45. The monoisotopic (exact) mass is 328 g/mol. The second-order valence-electron chi connectivity index (χ2n) is 7.19. The Kier molecular flexibility index (Phi) is 4.76. The summed E-state index contributed by atoms with van der Waals surface area (Å²) in [6.45, 7) is 7.26. The Morgan fingerprint density at radius 2 is 1.87 bits per heavy atom. The lowest BCUT2D eigenvalue weighted by Crippen LogP contribution is -2.44. The van der Waals surface area contributed by atoms with Crippen LogP contribution in [0.25, 0.3) is 0 Å². The van der Waals surface area contributed by atoms with Gasteiger partial charge in [0.25, 0.3) is 0 Å². The zero-order valence-electron chi connectivity index (χ0n) is 13.9. The van der Waals surface area contributed by atoms with E-state index in [-0.39, 0.29) is 23.9 Å². The molecular weight excluding hydrogens is 305 g/mol. The highest BCUT2D eigenvalue weighted by atomic mass is 19.4. The number of halogens is 3. The van der Waals surface area contributed by atoms with E-state index in [9.17, 15) is 18.0 Å². The minimum absolute atomic E-state index is 0.0199. The number of hydrazine groups is 1. The van der Waals surface area contributed by atoms with Crippen molar-refractivity contribution in [2.75, 3.05) is 6.54 Å². The molecule has 1 aromatic carbocycles. The molecule has 0 bridgehead atoms. The highest BCUT2D eigenvalue weighted by Crippen LogP contribution is 2.41. The van der Waals surface area contributed by atoms with Gasteiger partial charge in [0.15, 0.2) is 0 Å². The summed E-state index contributed by atoms with van der Waals surface area (Å²) in [6, 6.07) is 4.77. The van der Waals surface area contributed by atoms with Crippen LogP contribution in [-0.2, 0) is 11.2 Å². The zero-order valence-corrected chi connectivity index (χ0v) is 13.9. The van der Waals surface area contributed by atoms with Crippen molar-refractivity contribution in [1.29, 1.82) is 0 Å². The molecule has 1 N–H and O–H groups in total. The van der Waals surface area contributed by atoms with Crippen LogP contribution < -0.4 is 5.43 Å². The summed E-state index contributed by atoms with van der Waals surface area (Å²) in [5.74, 6) is -0.136. The molecule has 1 saturated heterocycles. The van der Waals surface area contributed by atoms with Gasteiger partial charge < -0.3 is 0 Å². The molecule has 0 saturated carbocycles. The number of carbonyl (C=O) groups excluding carboxylic acids is 1. The van der Waals surface area contributed by atoms with Crippen LogP contribution >= 0.6 is 0 Å². The molecule has 3 nitrogen and oxygen atoms in total. The van der Waals surface area contributed by atoms with E-state index in [1.54, 1.807) is 32.0 Å². The molecule has 23 heavy (non-hydrogen) atoms. The van der Waals surface area contributed by atoms with Gasteiger partial charge in [-0.1, -0.05) is 38.1 Å². The number of rotatable bonds is 4. The minimum Gasteiger partial charge on any atom is -0.287 e. The fraction of sp³-hybridized carbons (Fsp3) is 0.588. The lowest BCUT2D eigenvalue weighted by Gasteiger charge is -2.31. The SMILES string of the molecule is CC(C)Cc1ccccc1C(N1CC(C)(C)C(=O)N1)C(F)(F)F. The number of nitrogens with one attached hydrogen (secondary N) is 1. The van der Waals surface area contributed by atoms with Crippen LogP contribution in [0.3, 0.4) is 0 Å². The Labute approximate surface area is 134 Å². The number of amides is 1. The molecule has 1 aromatic rings. The molecule has 1 unspecified atom stereocenters. The highest BCUT2D eigenvalue weighted by molar-refractivity contribution is 5.83. The minimum atomic E-state index is -4.47. The predicted octanol–water partition coefficient (Wildman–Crippen LogP) is 3.86. The van der Waals surface area contributed by atoms with E-state index in [1.165, 1.54) is 6.07 Å². The number of nitrogens with zero attached hydrogens (tertiary/aromatic N) is 1. The van der Waals surface area contributed by atoms with Crippen LogP contribution in [0, 0.1) is 11.3 Å². The lowest BCUT2D eigenvalue weighted by atomic mass is 9.91. The summed E-state index contributed by atoms with van der Waals surface area (Å²) >= 11 is 0. The van der Waals surface area contributed by atoms with Crippen LogP contribution in [0.15, 0.2) is 24.3 Å². The van der Waals surface area contributed by atoms with Gasteiger partial charge in [-0.25, -0.2) is 5.01 Å². The van der Waals surface area contributed by atoms with E-state index in [4.69, 9.17) is 0 Å². The van der Waals surface area contributed by atoms with E-state index in [0.717, 1.165) is 5.01 Å². The van der Waals surface area contributed by atoms with Gasteiger partial charge in [0, 0.05) is 6.54 Å². The molecule has 1 heterocycles. The van der Waals surface area contributed by atoms with Crippen molar-refractivity contribution in [1.82, 2.24) is 10.4 Å². The Bertz CT molecular complexity index is 581. The van der Waals surface area contributed by atoms with E-state index in [0.29, 0.717) is 12.0 Å². The summed E-state index contributed by atoms with van der Waals surface area (Å²) in [4.78, 5) is 11.9. The van der Waals surface area contributed by atoms with Gasteiger partial charge in [-0.2, -0.15) is 13.2 Å². The van der Waals surface area contributed by atoms with Crippen molar-refractivity contribution in [3.63, 3.8) is 0 Å². The van der Waals surface area contributed by atoms with Crippen molar-refractivity contribution in [2.24, 2.45) is 11.3 Å². The first-order valence-electron chi connectivity index (χ1n) is 7.74. The van der Waals surface area contributed by atoms with Crippen LogP contribution in [0.1, 0.15) is 44.9 Å². The average Bonchev–Trinajstić information content (AvgIpc) is 2.63. The molecule has 6 heteroatoms. The largest absolute Gasteiger partial charge is 0.409 e. The van der Waals surface area contributed by atoms with Gasteiger partial charge >= 0.3 is 6.18 Å². The molecule has 1 amide bonds. The predicted molar refractivity (Wildman–Crippen MR) is 82.4 cm³/mol. The molecule has 0 radical (unpaired) electrons. The van der Waals surface area contributed by atoms with Crippen LogP contribution in [0.2, 0.25) is 0 Å². The molecule has 128 valence electrons. The molecular formula is C17H23F3N2O. The van der Waals surface area contributed by atoms with Crippen molar-refractivity contribution in [3.8, 4) is 0 Å². The number of hydrogen-bond acceptors (Lipinski definition) is 2. The summed E-state index contributed by atoms with van der Waals surface area (Å²) < 4.78 is 41.3. The fourth-order valence-electron chi connectivity index (χ4n) is 2.92. The second kappa shape index (κ2) is 6.15. The third-order valence-electron chi connectivity index (χ3n) is 4.03. The molecule has 1 aliphatic rings. The molecule has 0 aromatic heterocycles. The van der Waals surface area contributed by atoms with Crippen molar-refractivity contribution < 1.29 is 18.0 Å². The van der Waals surface area contributed by atoms with Crippen LogP contribution in [0.5, 0.6) is 0 Å². The van der Waals surface area contributed by atoms with Crippen molar-refractivity contribution in [3.05, 3.63) is 35.4 Å². The normalized spacial score (nSPS) is 19.9. The van der Waals surface area contributed by atoms with Gasteiger partial charge in [-0.05, 0) is 37.3 Å².